The number of aromatic nitrogens is 5. The molecule has 0 spiro atoms. The summed E-state index contributed by atoms with van der Waals surface area (Å²) in [5.74, 6) is 1.16. The lowest BCUT2D eigenvalue weighted by atomic mass is 10.1. The van der Waals surface area contributed by atoms with Crippen LogP contribution in [0.3, 0.4) is 0 Å². The molecule has 0 fully saturated rings. The number of hydrogen-bond donors (Lipinski definition) is 1. The molecule has 4 aromatic rings. The van der Waals surface area contributed by atoms with Gasteiger partial charge in [-0.3, -0.25) is 4.79 Å². The zero-order valence-electron chi connectivity index (χ0n) is 12.5. The van der Waals surface area contributed by atoms with Crippen molar-refractivity contribution in [2.45, 2.75) is 6.42 Å². The average molecular weight is 338 g/mol. The maximum atomic E-state index is 12.3. The predicted octanol–water partition coefficient (Wildman–Crippen LogP) is 2.75. The maximum absolute atomic E-state index is 12.3. The van der Waals surface area contributed by atoms with Crippen LogP contribution in [-0.4, -0.2) is 24.7 Å². The van der Waals surface area contributed by atoms with Gasteiger partial charge in [-0.25, -0.2) is 9.97 Å². The van der Waals surface area contributed by atoms with E-state index in [-0.39, 0.29) is 5.56 Å². The van der Waals surface area contributed by atoms with Crippen molar-refractivity contribution in [3.8, 4) is 5.82 Å². The third-order valence-corrected chi connectivity index (χ3v) is 3.85. The third-order valence-electron chi connectivity index (χ3n) is 3.61. The topological polar surface area (TPSA) is 76.5 Å². The van der Waals surface area contributed by atoms with Crippen molar-refractivity contribution in [1.29, 1.82) is 0 Å². The summed E-state index contributed by atoms with van der Waals surface area (Å²) in [5, 5.41) is 5.31. The molecule has 1 aromatic carbocycles. The Kier molecular flexibility index (Phi) is 3.59. The summed E-state index contributed by atoms with van der Waals surface area (Å²) in [5.41, 5.74) is 1.22. The number of H-pyrrole nitrogens is 1. The standard InChI is InChI=1S/C17H12ClN5O/c18-12-5-3-4-11(8-12)9-14-21-16-13(17(24)22-14)10-20-23(16)15-6-1-2-7-19-15/h1-8,10H,9H2,(H,21,22,24). The molecule has 118 valence electrons. The minimum atomic E-state index is -0.223. The second-order valence-electron chi connectivity index (χ2n) is 5.30. The predicted molar refractivity (Wildman–Crippen MR) is 91.5 cm³/mol. The van der Waals surface area contributed by atoms with Crippen LogP contribution in [0.2, 0.25) is 5.02 Å². The molecule has 4 rings (SSSR count). The number of halogens is 1. The van der Waals surface area contributed by atoms with Gasteiger partial charge in [0, 0.05) is 17.6 Å². The summed E-state index contributed by atoms with van der Waals surface area (Å²) in [6.45, 7) is 0. The first-order valence-corrected chi connectivity index (χ1v) is 7.71. The van der Waals surface area contributed by atoms with E-state index in [1.165, 1.54) is 6.20 Å². The highest BCUT2D eigenvalue weighted by molar-refractivity contribution is 6.30. The number of nitrogens with zero attached hydrogens (tertiary/aromatic N) is 4. The zero-order valence-corrected chi connectivity index (χ0v) is 13.2. The van der Waals surface area contributed by atoms with Gasteiger partial charge in [0.1, 0.15) is 11.2 Å². The van der Waals surface area contributed by atoms with Gasteiger partial charge in [-0.2, -0.15) is 9.78 Å². The average Bonchev–Trinajstić information content (AvgIpc) is 3.00. The number of pyridine rings is 1. The molecule has 0 aliphatic rings. The minimum Gasteiger partial charge on any atom is -0.310 e. The molecular weight excluding hydrogens is 326 g/mol. The molecule has 0 amide bonds. The van der Waals surface area contributed by atoms with Crippen molar-refractivity contribution < 1.29 is 0 Å². The number of hydrogen-bond acceptors (Lipinski definition) is 4. The molecule has 0 saturated heterocycles. The molecule has 0 atom stereocenters. The lowest BCUT2D eigenvalue weighted by Gasteiger charge is -2.04. The fourth-order valence-electron chi connectivity index (χ4n) is 2.53. The molecule has 7 heteroatoms. The van der Waals surface area contributed by atoms with Gasteiger partial charge >= 0.3 is 0 Å². The summed E-state index contributed by atoms with van der Waals surface area (Å²) >= 11 is 6.01. The van der Waals surface area contributed by atoms with E-state index in [4.69, 9.17) is 11.6 Å². The van der Waals surface area contributed by atoms with Crippen molar-refractivity contribution in [3.05, 3.63) is 81.6 Å². The first kappa shape index (κ1) is 14.6. The fraction of sp³-hybridized carbons (Fsp3) is 0.0588. The SMILES string of the molecule is O=c1[nH]c(Cc2cccc(Cl)c2)nc2c1cnn2-c1ccccn1. The summed E-state index contributed by atoms with van der Waals surface area (Å²) in [6, 6.07) is 12.9. The van der Waals surface area contributed by atoms with Crippen molar-refractivity contribution in [3.63, 3.8) is 0 Å². The monoisotopic (exact) mass is 337 g/mol. The number of benzene rings is 1. The van der Waals surface area contributed by atoms with Crippen LogP contribution in [0.5, 0.6) is 0 Å². The Morgan fingerprint density at radius 1 is 1.17 bits per heavy atom. The third kappa shape index (κ3) is 2.68. The van der Waals surface area contributed by atoms with Crippen LogP contribution < -0.4 is 5.56 Å². The Bertz CT molecular complexity index is 1070. The highest BCUT2D eigenvalue weighted by Crippen LogP contribution is 2.15. The summed E-state index contributed by atoms with van der Waals surface area (Å²) < 4.78 is 1.56. The first-order valence-electron chi connectivity index (χ1n) is 7.33. The van der Waals surface area contributed by atoms with Crippen LogP contribution in [0, 0.1) is 0 Å². The Labute approximate surface area is 141 Å². The molecule has 0 radical (unpaired) electrons. The van der Waals surface area contributed by atoms with E-state index in [9.17, 15) is 4.79 Å². The Balaban J connectivity index is 1.82. The van der Waals surface area contributed by atoms with E-state index in [1.807, 2.05) is 36.4 Å². The van der Waals surface area contributed by atoms with E-state index in [0.29, 0.717) is 34.1 Å². The van der Waals surface area contributed by atoms with Crippen molar-refractivity contribution in [2.75, 3.05) is 0 Å². The van der Waals surface area contributed by atoms with Gasteiger partial charge in [0.2, 0.25) is 0 Å². The van der Waals surface area contributed by atoms with Gasteiger partial charge in [0.05, 0.1) is 6.20 Å². The van der Waals surface area contributed by atoms with Crippen molar-refractivity contribution >= 4 is 22.6 Å². The van der Waals surface area contributed by atoms with E-state index in [2.05, 4.69) is 20.1 Å². The Hall–Kier alpha value is -2.99. The van der Waals surface area contributed by atoms with Crippen LogP contribution >= 0.6 is 11.6 Å². The van der Waals surface area contributed by atoms with Crippen LogP contribution in [0.4, 0.5) is 0 Å². The maximum Gasteiger partial charge on any atom is 0.262 e. The Morgan fingerprint density at radius 2 is 2.08 bits per heavy atom. The van der Waals surface area contributed by atoms with Crippen LogP contribution in [-0.2, 0) is 6.42 Å². The van der Waals surface area contributed by atoms with E-state index < -0.39 is 0 Å². The van der Waals surface area contributed by atoms with Gasteiger partial charge in [-0.1, -0.05) is 29.8 Å². The molecule has 0 bridgehead atoms. The number of nitrogens with one attached hydrogen (secondary N) is 1. The summed E-state index contributed by atoms with van der Waals surface area (Å²) in [7, 11) is 0. The van der Waals surface area contributed by atoms with Crippen LogP contribution in [0.1, 0.15) is 11.4 Å². The van der Waals surface area contributed by atoms with E-state index in [0.717, 1.165) is 5.56 Å². The molecule has 0 aliphatic carbocycles. The molecule has 3 heterocycles. The van der Waals surface area contributed by atoms with Gasteiger partial charge in [-0.15, -0.1) is 0 Å². The van der Waals surface area contributed by atoms with Gasteiger partial charge < -0.3 is 4.98 Å². The number of rotatable bonds is 3. The second-order valence-corrected chi connectivity index (χ2v) is 5.74. The van der Waals surface area contributed by atoms with Crippen LogP contribution in [0.25, 0.3) is 16.9 Å². The van der Waals surface area contributed by atoms with Gasteiger partial charge in [0.15, 0.2) is 11.5 Å². The van der Waals surface area contributed by atoms with Gasteiger partial charge in [-0.05, 0) is 29.8 Å². The first-order chi connectivity index (χ1) is 11.7. The fourth-order valence-corrected chi connectivity index (χ4v) is 2.75. The van der Waals surface area contributed by atoms with Crippen LogP contribution in [0.15, 0.2) is 59.7 Å². The quantitative estimate of drug-likeness (QED) is 0.623. The molecule has 0 saturated carbocycles. The molecular formula is C17H12ClN5O. The number of fused-ring (bicyclic) bond motifs is 1. The van der Waals surface area contributed by atoms with Crippen molar-refractivity contribution in [2.24, 2.45) is 0 Å². The lowest BCUT2D eigenvalue weighted by Crippen LogP contribution is -2.13. The summed E-state index contributed by atoms with van der Waals surface area (Å²) in [6.07, 6.45) is 3.64. The Morgan fingerprint density at radius 3 is 2.88 bits per heavy atom. The number of aromatic amines is 1. The van der Waals surface area contributed by atoms with Gasteiger partial charge in [0.25, 0.3) is 5.56 Å². The molecule has 6 nitrogen and oxygen atoms in total. The van der Waals surface area contributed by atoms with Crippen molar-refractivity contribution in [1.82, 2.24) is 24.7 Å². The highest BCUT2D eigenvalue weighted by atomic mass is 35.5. The lowest BCUT2D eigenvalue weighted by molar-refractivity contribution is 0.851. The zero-order chi connectivity index (χ0) is 16.5. The molecule has 1 N–H and O–H groups in total. The van der Waals surface area contributed by atoms with E-state index >= 15 is 0 Å². The second kappa shape index (κ2) is 5.90. The smallest absolute Gasteiger partial charge is 0.262 e. The normalized spacial score (nSPS) is 11.0. The highest BCUT2D eigenvalue weighted by Gasteiger charge is 2.12. The largest absolute Gasteiger partial charge is 0.310 e. The van der Waals surface area contributed by atoms with E-state index in [1.54, 1.807) is 16.9 Å². The molecule has 0 unspecified atom stereocenters. The minimum absolute atomic E-state index is 0.223. The molecule has 3 aromatic heterocycles. The molecule has 0 aliphatic heterocycles. The molecule has 24 heavy (non-hydrogen) atoms. The summed E-state index contributed by atoms with van der Waals surface area (Å²) in [4.78, 5) is 23.9.